The molecule has 3 aromatic rings. The van der Waals surface area contributed by atoms with Crippen LogP contribution in [0.1, 0.15) is 30.0 Å². The molecule has 0 spiro atoms. The molecule has 1 amide bonds. The number of H-pyrrole nitrogens is 1. The molecule has 1 aliphatic carbocycles. The summed E-state index contributed by atoms with van der Waals surface area (Å²) in [5, 5.41) is 12.9. The smallest absolute Gasteiger partial charge is 0.230 e. The number of aromatic nitrogens is 3. The third-order valence-corrected chi connectivity index (χ3v) is 5.98. The predicted molar refractivity (Wildman–Crippen MR) is 101 cm³/mol. The molecule has 0 radical (unpaired) electrons. The molecule has 0 saturated carbocycles. The number of rotatable bonds is 5. The summed E-state index contributed by atoms with van der Waals surface area (Å²) in [5.41, 5.74) is 2.60. The Morgan fingerprint density at radius 2 is 2.24 bits per heavy atom. The molecule has 2 N–H and O–H groups in total. The number of nitrogens with one attached hydrogen (secondary N) is 2. The molecule has 1 aliphatic rings. The molecule has 0 bridgehead atoms. The van der Waals surface area contributed by atoms with E-state index in [9.17, 15) is 4.79 Å². The Morgan fingerprint density at radius 3 is 3.12 bits per heavy atom. The molecule has 4 rings (SSSR count). The maximum absolute atomic E-state index is 12.3. The van der Waals surface area contributed by atoms with Crippen molar-refractivity contribution in [3.05, 3.63) is 52.9 Å². The van der Waals surface area contributed by atoms with Crippen molar-refractivity contribution < 1.29 is 4.79 Å². The highest BCUT2D eigenvalue weighted by atomic mass is 32.2. The lowest BCUT2D eigenvalue weighted by Gasteiger charge is -2.26. The van der Waals surface area contributed by atoms with Gasteiger partial charge in [-0.25, -0.2) is 4.98 Å². The van der Waals surface area contributed by atoms with Gasteiger partial charge in [0.05, 0.1) is 16.7 Å². The van der Waals surface area contributed by atoms with Crippen LogP contribution in [0.2, 0.25) is 0 Å². The number of carbonyl (C=O) groups is 1. The van der Waals surface area contributed by atoms with Crippen molar-refractivity contribution in [2.75, 3.05) is 5.75 Å². The fourth-order valence-electron chi connectivity index (χ4n) is 3.10. The van der Waals surface area contributed by atoms with Crippen molar-refractivity contribution in [1.82, 2.24) is 20.5 Å². The molecule has 128 valence electrons. The van der Waals surface area contributed by atoms with E-state index in [1.807, 2.05) is 23.6 Å². The lowest BCUT2D eigenvalue weighted by Crippen LogP contribution is -2.32. The van der Waals surface area contributed by atoms with Crippen LogP contribution in [-0.4, -0.2) is 26.8 Å². The average molecular weight is 371 g/mol. The van der Waals surface area contributed by atoms with Gasteiger partial charge >= 0.3 is 0 Å². The van der Waals surface area contributed by atoms with E-state index in [4.69, 9.17) is 0 Å². The number of hydrogen-bond acceptors (Lipinski definition) is 5. The van der Waals surface area contributed by atoms with Crippen molar-refractivity contribution >= 4 is 29.0 Å². The Labute approximate surface area is 154 Å². The molecular weight excluding hydrogens is 352 g/mol. The van der Waals surface area contributed by atoms with E-state index < -0.39 is 0 Å². The van der Waals surface area contributed by atoms with Gasteiger partial charge < -0.3 is 5.32 Å². The van der Waals surface area contributed by atoms with Crippen LogP contribution in [0.15, 0.2) is 46.9 Å². The number of aromatic amines is 1. The van der Waals surface area contributed by atoms with Crippen LogP contribution < -0.4 is 5.32 Å². The minimum atomic E-state index is 0.0224. The summed E-state index contributed by atoms with van der Waals surface area (Å²) in [6, 6.07) is 12.5. The van der Waals surface area contributed by atoms with Gasteiger partial charge in [0, 0.05) is 0 Å². The molecule has 5 nitrogen and oxygen atoms in total. The Hall–Kier alpha value is -2.12. The predicted octanol–water partition coefficient (Wildman–Crippen LogP) is 3.82. The van der Waals surface area contributed by atoms with Crippen LogP contribution in [0.3, 0.4) is 0 Å². The molecule has 2 aromatic heterocycles. The second kappa shape index (κ2) is 7.41. The maximum atomic E-state index is 12.3. The monoisotopic (exact) mass is 370 g/mol. The van der Waals surface area contributed by atoms with E-state index in [2.05, 4.69) is 38.7 Å². The van der Waals surface area contributed by atoms with E-state index >= 15 is 0 Å². The molecule has 0 saturated heterocycles. The zero-order valence-corrected chi connectivity index (χ0v) is 15.2. The fraction of sp³-hybridized carbons (Fsp3) is 0.278. The summed E-state index contributed by atoms with van der Waals surface area (Å²) in [4.78, 5) is 17.8. The summed E-state index contributed by atoms with van der Waals surface area (Å²) >= 11 is 2.96. The van der Waals surface area contributed by atoms with Crippen molar-refractivity contribution in [3.8, 4) is 10.7 Å². The normalized spacial score (nSPS) is 16.4. The number of hydrogen-bond donors (Lipinski definition) is 2. The topological polar surface area (TPSA) is 70.7 Å². The molecule has 2 heterocycles. The van der Waals surface area contributed by atoms with Gasteiger partial charge in [0.25, 0.3) is 0 Å². The first-order chi connectivity index (χ1) is 12.3. The van der Waals surface area contributed by atoms with Crippen molar-refractivity contribution in [2.45, 2.75) is 30.5 Å². The highest BCUT2D eigenvalue weighted by molar-refractivity contribution is 7.99. The number of aryl methyl sites for hydroxylation is 1. The van der Waals surface area contributed by atoms with E-state index in [0.29, 0.717) is 10.9 Å². The first-order valence-electron chi connectivity index (χ1n) is 8.26. The average Bonchev–Trinajstić information content (AvgIpc) is 3.32. The third kappa shape index (κ3) is 3.77. The third-order valence-electron chi connectivity index (χ3n) is 4.26. The summed E-state index contributed by atoms with van der Waals surface area (Å²) in [5.74, 6) is 1.09. The van der Waals surface area contributed by atoms with Crippen LogP contribution in [0, 0.1) is 0 Å². The van der Waals surface area contributed by atoms with Crippen LogP contribution >= 0.6 is 23.1 Å². The van der Waals surface area contributed by atoms with Crippen LogP contribution in [0.25, 0.3) is 10.7 Å². The fourth-order valence-corrected chi connectivity index (χ4v) is 4.38. The first-order valence-corrected chi connectivity index (χ1v) is 10.1. The summed E-state index contributed by atoms with van der Waals surface area (Å²) < 4.78 is 0. The Balaban J connectivity index is 1.34. The lowest BCUT2D eigenvalue weighted by molar-refractivity contribution is -0.119. The van der Waals surface area contributed by atoms with Crippen LogP contribution in [0.4, 0.5) is 0 Å². The second-order valence-corrected chi connectivity index (χ2v) is 7.83. The maximum Gasteiger partial charge on any atom is 0.230 e. The van der Waals surface area contributed by atoms with Crippen LogP contribution in [0.5, 0.6) is 0 Å². The largest absolute Gasteiger partial charge is 0.349 e. The minimum absolute atomic E-state index is 0.0224. The van der Waals surface area contributed by atoms with E-state index in [1.165, 1.54) is 22.9 Å². The molecule has 7 heteroatoms. The summed E-state index contributed by atoms with van der Waals surface area (Å²) in [7, 11) is 0. The van der Waals surface area contributed by atoms with Gasteiger partial charge in [0.1, 0.15) is 0 Å². The summed E-state index contributed by atoms with van der Waals surface area (Å²) in [6.45, 7) is 0. The molecule has 0 fully saturated rings. The highest BCUT2D eigenvalue weighted by Crippen LogP contribution is 2.29. The van der Waals surface area contributed by atoms with Gasteiger partial charge in [-0.05, 0) is 41.8 Å². The van der Waals surface area contributed by atoms with Gasteiger partial charge in [-0.3, -0.25) is 9.89 Å². The standard InChI is InChI=1S/C18H18N4OS2/c23-16(19-14-8-3-6-12-5-1-2-7-13(12)14)11-25-18-20-17(21-22-18)15-9-4-10-24-15/h1-2,4-5,7,9-10,14H,3,6,8,11H2,(H,19,23)(H,20,21,22). The molecule has 1 aromatic carbocycles. The van der Waals surface area contributed by atoms with Crippen molar-refractivity contribution in [2.24, 2.45) is 0 Å². The van der Waals surface area contributed by atoms with Crippen molar-refractivity contribution in [1.29, 1.82) is 0 Å². The number of amides is 1. The number of thiophene rings is 1. The van der Waals surface area contributed by atoms with Gasteiger partial charge in [-0.2, -0.15) is 0 Å². The highest BCUT2D eigenvalue weighted by Gasteiger charge is 2.21. The first kappa shape index (κ1) is 16.4. The van der Waals surface area contributed by atoms with Gasteiger partial charge in [0.15, 0.2) is 5.82 Å². The van der Waals surface area contributed by atoms with Crippen LogP contribution in [-0.2, 0) is 11.2 Å². The van der Waals surface area contributed by atoms with Gasteiger partial charge in [0.2, 0.25) is 11.1 Å². The number of nitrogens with zero attached hydrogens (tertiary/aromatic N) is 2. The summed E-state index contributed by atoms with van der Waals surface area (Å²) in [6.07, 6.45) is 3.21. The zero-order valence-electron chi connectivity index (χ0n) is 13.6. The number of carbonyl (C=O) groups excluding carboxylic acids is 1. The van der Waals surface area contributed by atoms with E-state index in [1.54, 1.807) is 11.3 Å². The second-order valence-electron chi connectivity index (χ2n) is 5.94. The van der Waals surface area contributed by atoms with Crippen molar-refractivity contribution in [3.63, 3.8) is 0 Å². The Bertz CT molecular complexity index is 860. The van der Waals surface area contributed by atoms with Gasteiger partial charge in [-0.15, -0.1) is 16.4 Å². The number of fused-ring (bicyclic) bond motifs is 1. The Kier molecular flexibility index (Phi) is 4.85. The number of thioether (sulfide) groups is 1. The molecule has 1 unspecified atom stereocenters. The molecule has 1 atom stereocenters. The zero-order chi connectivity index (χ0) is 17.1. The Morgan fingerprint density at radius 1 is 1.32 bits per heavy atom. The van der Waals surface area contributed by atoms with E-state index in [-0.39, 0.29) is 11.9 Å². The number of benzene rings is 1. The SMILES string of the molecule is O=C(CSc1n[nH]c(-c2cccs2)n1)NC1CCCc2ccccc21. The molecular formula is C18H18N4OS2. The quantitative estimate of drug-likeness (QED) is 0.670. The minimum Gasteiger partial charge on any atom is -0.349 e. The van der Waals surface area contributed by atoms with E-state index in [0.717, 1.165) is 30.0 Å². The molecule has 0 aliphatic heterocycles. The lowest BCUT2D eigenvalue weighted by atomic mass is 9.88. The van der Waals surface area contributed by atoms with Gasteiger partial charge in [-0.1, -0.05) is 42.1 Å². The molecule has 25 heavy (non-hydrogen) atoms.